The number of methoxy groups -OCH3 is 1. The minimum atomic E-state index is -0.627. The van der Waals surface area contributed by atoms with Crippen LogP contribution in [0, 0.1) is 0 Å². The van der Waals surface area contributed by atoms with Gasteiger partial charge in [-0.1, -0.05) is 29.8 Å². The molecule has 3 N–H and O–H groups in total. The largest absolute Gasteiger partial charge is 0.453 e. The normalized spacial score (nSPS) is 14.7. The summed E-state index contributed by atoms with van der Waals surface area (Å²) >= 11 is 6.19. The fourth-order valence-corrected chi connectivity index (χ4v) is 4.54. The number of nitrogens with zero attached hydrogens (tertiary/aromatic N) is 5. The zero-order valence-corrected chi connectivity index (χ0v) is 23.1. The Labute approximate surface area is 245 Å². The number of carbonyl (C=O) groups is 3. The van der Waals surface area contributed by atoms with Gasteiger partial charge in [-0.25, -0.2) is 4.79 Å². The number of carbonyl (C=O) groups excluding carboxylic acids is 3. The number of amides is 3. The first-order chi connectivity index (χ1) is 20.4. The van der Waals surface area contributed by atoms with Crippen molar-refractivity contribution in [1.82, 2.24) is 30.5 Å². The van der Waals surface area contributed by atoms with Crippen LogP contribution in [0.1, 0.15) is 30.1 Å². The molecule has 212 valence electrons. The van der Waals surface area contributed by atoms with E-state index in [2.05, 4.69) is 41.2 Å². The number of ether oxygens (including phenoxy) is 1. The molecule has 0 aliphatic carbocycles. The average Bonchev–Trinajstić information content (AvgIpc) is 3.52. The maximum Gasteiger partial charge on any atom is 0.411 e. The van der Waals surface area contributed by atoms with Gasteiger partial charge in [0.2, 0.25) is 11.8 Å². The van der Waals surface area contributed by atoms with E-state index in [1.54, 1.807) is 54.7 Å². The summed E-state index contributed by atoms with van der Waals surface area (Å²) in [6.45, 7) is 0. The lowest BCUT2D eigenvalue weighted by Gasteiger charge is -2.19. The Bertz CT molecular complexity index is 1690. The van der Waals surface area contributed by atoms with Gasteiger partial charge in [-0.3, -0.25) is 19.9 Å². The first-order valence-corrected chi connectivity index (χ1v) is 13.2. The Hall–Kier alpha value is -5.36. The van der Waals surface area contributed by atoms with E-state index >= 15 is 0 Å². The van der Waals surface area contributed by atoms with Crippen molar-refractivity contribution in [2.24, 2.45) is 0 Å². The summed E-state index contributed by atoms with van der Waals surface area (Å²) in [6.07, 6.45) is 9.59. The smallest absolute Gasteiger partial charge is 0.411 e. The van der Waals surface area contributed by atoms with Crippen LogP contribution in [-0.4, -0.2) is 50.2 Å². The molecule has 1 unspecified atom stereocenters. The molecule has 2 aromatic heterocycles. The van der Waals surface area contributed by atoms with Crippen molar-refractivity contribution >= 4 is 47.0 Å². The van der Waals surface area contributed by atoms with Crippen LogP contribution in [0.3, 0.4) is 0 Å². The van der Waals surface area contributed by atoms with Crippen molar-refractivity contribution < 1.29 is 19.1 Å². The van der Waals surface area contributed by atoms with Crippen LogP contribution in [0.5, 0.6) is 0 Å². The molecule has 0 radical (unpaired) electrons. The first-order valence-electron chi connectivity index (χ1n) is 12.8. The summed E-state index contributed by atoms with van der Waals surface area (Å²) in [4.78, 5) is 42.0. The number of hydrogen-bond acceptors (Lipinski definition) is 8. The molecule has 42 heavy (non-hydrogen) atoms. The molecule has 2 bridgehead atoms. The molecule has 5 rings (SSSR count). The van der Waals surface area contributed by atoms with Crippen molar-refractivity contribution in [2.75, 3.05) is 17.7 Å². The molecule has 12 nitrogen and oxygen atoms in total. The molecule has 2 aromatic carbocycles. The van der Waals surface area contributed by atoms with E-state index in [4.69, 9.17) is 11.6 Å². The summed E-state index contributed by atoms with van der Waals surface area (Å²) in [5.74, 6) is -0.590. The molecule has 0 spiro atoms. The van der Waals surface area contributed by atoms with Gasteiger partial charge in [0.05, 0.1) is 30.2 Å². The number of halogens is 1. The van der Waals surface area contributed by atoms with E-state index in [9.17, 15) is 14.4 Å². The van der Waals surface area contributed by atoms with Gasteiger partial charge >= 0.3 is 6.09 Å². The van der Waals surface area contributed by atoms with Crippen LogP contribution < -0.4 is 16.0 Å². The predicted octanol–water partition coefficient (Wildman–Crippen LogP) is 4.72. The van der Waals surface area contributed by atoms with Crippen LogP contribution in [-0.2, 0) is 14.3 Å². The third kappa shape index (κ3) is 6.85. The van der Waals surface area contributed by atoms with Gasteiger partial charge in [-0.05, 0) is 71.0 Å². The van der Waals surface area contributed by atoms with Gasteiger partial charge in [0, 0.05) is 40.5 Å². The summed E-state index contributed by atoms with van der Waals surface area (Å²) in [5.41, 5.74) is 4.37. The number of aromatic nitrogens is 5. The third-order valence-electron chi connectivity index (χ3n) is 6.33. The Morgan fingerprint density at radius 1 is 1.14 bits per heavy atom. The number of nitrogens with one attached hydrogen (secondary N) is 3. The summed E-state index contributed by atoms with van der Waals surface area (Å²) in [6, 6.07) is 13.5. The van der Waals surface area contributed by atoms with E-state index in [1.807, 2.05) is 18.2 Å². The average molecular weight is 585 g/mol. The summed E-state index contributed by atoms with van der Waals surface area (Å²) in [5, 5.41) is 20.3. The Morgan fingerprint density at radius 2 is 2.02 bits per heavy atom. The Kier molecular flexibility index (Phi) is 8.64. The van der Waals surface area contributed by atoms with Gasteiger partial charge in [-0.15, -0.1) is 5.10 Å². The molecule has 3 heterocycles. The van der Waals surface area contributed by atoms with Crippen LogP contribution >= 0.6 is 11.6 Å². The molecule has 13 heteroatoms. The van der Waals surface area contributed by atoms with Crippen LogP contribution in [0.2, 0.25) is 5.02 Å². The van der Waals surface area contributed by atoms with Gasteiger partial charge in [0.25, 0.3) is 0 Å². The van der Waals surface area contributed by atoms with E-state index in [0.717, 1.165) is 5.56 Å². The predicted molar refractivity (Wildman–Crippen MR) is 157 cm³/mol. The van der Waals surface area contributed by atoms with Crippen molar-refractivity contribution in [2.45, 2.75) is 18.9 Å². The van der Waals surface area contributed by atoms with Gasteiger partial charge < -0.3 is 15.4 Å². The number of hydrogen-bond donors (Lipinski definition) is 3. The molecular weight excluding hydrogens is 560 g/mol. The van der Waals surface area contributed by atoms with Crippen molar-refractivity contribution in [3.8, 4) is 16.8 Å². The standard InChI is InChI=1S/C29H25ClN8O4/c1-42-29(41)33-21-8-9-22-18-12-13-31-25(15-18)23(4-2-3-5-27(39)35-24(22)16-21)34-28(40)11-6-19-14-20(30)7-10-26(19)38-17-32-36-37-38/h2-3,6-17,23H,4-5H2,1H3,(H,33,41)(H,34,40)(H,35,39). The second kappa shape index (κ2) is 12.9. The molecule has 4 aromatic rings. The molecule has 0 saturated heterocycles. The third-order valence-corrected chi connectivity index (χ3v) is 6.57. The zero-order chi connectivity index (χ0) is 29.5. The van der Waals surface area contributed by atoms with Crippen molar-refractivity contribution in [3.05, 3.63) is 95.6 Å². The first kappa shape index (κ1) is 28.2. The van der Waals surface area contributed by atoms with E-state index in [1.165, 1.54) is 24.2 Å². The summed E-state index contributed by atoms with van der Waals surface area (Å²) < 4.78 is 6.15. The number of fused-ring (bicyclic) bond motifs is 4. The van der Waals surface area contributed by atoms with Crippen molar-refractivity contribution in [3.63, 3.8) is 0 Å². The van der Waals surface area contributed by atoms with E-state index in [-0.39, 0.29) is 18.2 Å². The highest BCUT2D eigenvalue weighted by Gasteiger charge is 2.18. The second-order valence-corrected chi connectivity index (χ2v) is 9.59. The highest BCUT2D eigenvalue weighted by Crippen LogP contribution is 2.33. The second-order valence-electron chi connectivity index (χ2n) is 9.16. The fraction of sp³-hybridized carbons (Fsp3) is 0.138. The molecular formula is C29H25ClN8O4. The highest BCUT2D eigenvalue weighted by molar-refractivity contribution is 6.30. The molecule has 3 amide bonds. The lowest BCUT2D eigenvalue weighted by atomic mass is 9.99. The minimum Gasteiger partial charge on any atom is -0.453 e. The highest BCUT2D eigenvalue weighted by atomic mass is 35.5. The Morgan fingerprint density at radius 3 is 2.83 bits per heavy atom. The van der Waals surface area contributed by atoms with Gasteiger partial charge in [0.15, 0.2) is 0 Å². The van der Waals surface area contributed by atoms with Gasteiger partial charge in [-0.2, -0.15) is 4.68 Å². The molecule has 0 fully saturated rings. The minimum absolute atomic E-state index is 0.116. The van der Waals surface area contributed by atoms with E-state index in [0.29, 0.717) is 45.3 Å². The molecule has 1 atom stereocenters. The van der Waals surface area contributed by atoms with Crippen molar-refractivity contribution in [1.29, 1.82) is 0 Å². The molecule has 1 aliphatic heterocycles. The number of pyridine rings is 1. The number of tetrazole rings is 1. The number of rotatable bonds is 5. The quantitative estimate of drug-likeness (QED) is 0.225. The maximum atomic E-state index is 13.1. The van der Waals surface area contributed by atoms with Gasteiger partial charge in [0.1, 0.15) is 6.33 Å². The topological polar surface area (TPSA) is 153 Å². The SMILES string of the molecule is COC(=O)Nc1ccc2c(c1)NC(=O)CC=CCC(NC(=O)C=Cc1cc(Cl)ccc1-n1cnnn1)c1cc-2ccn1. The monoisotopic (exact) mass is 584 g/mol. The Balaban J connectivity index is 1.43. The summed E-state index contributed by atoms with van der Waals surface area (Å²) in [7, 11) is 1.27. The van der Waals surface area contributed by atoms with Crippen LogP contribution in [0.4, 0.5) is 16.2 Å². The lowest BCUT2D eigenvalue weighted by molar-refractivity contribution is -0.117. The number of benzene rings is 2. The van der Waals surface area contributed by atoms with Crippen LogP contribution in [0.25, 0.3) is 22.9 Å². The zero-order valence-electron chi connectivity index (χ0n) is 22.3. The maximum absolute atomic E-state index is 13.1. The molecule has 0 saturated carbocycles. The lowest BCUT2D eigenvalue weighted by Crippen LogP contribution is -2.27. The fourth-order valence-electron chi connectivity index (χ4n) is 4.35. The van der Waals surface area contributed by atoms with E-state index < -0.39 is 12.1 Å². The number of anilines is 2. The molecule has 1 aliphatic rings. The van der Waals surface area contributed by atoms with Crippen LogP contribution in [0.15, 0.2) is 79.3 Å².